The van der Waals surface area contributed by atoms with E-state index < -0.39 is 17.8 Å². The summed E-state index contributed by atoms with van der Waals surface area (Å²) in [7, 11) is 0. The summed E-state index contributed by atoms with van der Waals surface area (Å²) in [5.41, 5.74) is 1.03. The van der Waals surface area contributed by atoms with Gasteiger partial charge in [0, 0.05) is 5.56 Å². The van der Waals surface area contributed by atoms with Crippen molar-refractivity contribution in [3.05, 3.63) is 71.3 Å². The molecule has 0 saturated carbocycles. The maximum absolute atomic E-state index is 12.8. The van der Waals surface area contributed by atoms with E-state index in [1.807, 2.05) is 12.1 Å². The van der Waals surface area contributed by atoms with Crippen LogP contribution in [0.5, 0.6) is 5.75 Å². The van der Waals surface area contributed by atoms with Gasteiger partial charge in [0.15, 0.2) is 6.61 Å². The number of urea groups is 1. The Labute approximate surface area is 155 Å². The Bertz CT molecular complexity index is 961. The number of hydrogen-bond acceptors (Lipinski definition) is 5. The fraction of sp³-hybridized carbons (Fsp3) is 0.100. The molecule has 0 radical (unpaired) electrons. The summed E-state index contributed by atoms with van der Waals surface area (Å²) in [6, 6.07) is 16.8. The lowest BCUT2D eigenvalue weighted by molar-refractivity contribution is -0.130. The zero-order valence-electron chi connectivity index (χ0n) is 14.2. The molecule has 1 aliphatic heterocycles. The molecule has 2 aromatic rings. The smallest absolute Gasteiger partial charge is 0.331 e. The van der Waals surface area contributed by atoms with Crippen LogP contribution in [0.25, 0.3) is 6.08 Å². The average Bonchev–Trinajstić information content (AvgIpc) is 2.68. The monoisotopic (exact) mass is 361 g/mol. The molecule has 1 aliphatic rings. The number of carbonyl (C=O) groups is 3. The van der Waals surface area contributed by atoms with Crippen molar-refractivity contribution in [2.75, 3.05) is 6.61 Å². The second-order valence-electron chi connectivity index (χ2n) is 5.68. The van der Waals surface area contributed by atoms with E-state index in [4.69, 9.17) is 10.00 Å². The van der Waals surface area contributed by atoms with Crippen molar-refractivity contribution < 1.29 is 19.1 Å². The fourth-order valence-electron chi connectivity index (χ4n) is 2.60. The molecule has 2 aromatic carbocycles. The molecule has 7 heteroatoms. The number of nitriles is 1. The van der Waals surface area contributed by atoms with E-state index in [0.29, 0.717) is 11.3 Å². The topological polar surface area (TPSA) is 99.5 Å². The van der Waals surface area contributed by atoms with Crippen molar-refractivity contribution in [2.45, 2.75) is 6.54 Å². The molecule has 0 spiro atoms. The van der Waals surface area contributed by atoms with Gasteiger partial charge in [-0.25, -0.2) is 4.79 Å². The summed E-state index contributed by atoms with van der Waals surface area (Å²) in [6.07, 6.45) is 1.36. The maximum Gasteiger partial charge on any atom is 0.331 e. The second-order valence-corrected chi connectivity index (χ2v) is 5.68. The van der Waals surface area contributed by atoms with E-state index in [9.17, 15) is 14.4 Å². The van der Waals surface area contributed by atoms with Crippen molar-refractivity contribution in [2.24, 2.45) is 0 Å². The van der Waals surface area contributed by atoms with Gasteiger partial charge in [-0.1, -0.05) is 48.5 Å². The van der Waals surface area contributed by atoms with Crippen LogP contribution in [0.4, 0.5) is 4.79 Å². The van der Waals surface area contributed by atoms with Crippen molar-refractivity contribution in [1.82, 2.24) is 10.2 Å². The lowest BCUT2D eigenvalue weighted by Crippen LogP contribution is -2.53. The number of barbiturate groups is 1. The zero-order chi connectivity index (χ0) is 19.2. The van der Waals surface area contributed by atoms with Crippen LogP contribution in [0.15, 0.2) is 60.2 Å². The number of para-hydroxylation sites is 1. The predicted octanol–water partition coefficient (Wildman–Crippen LogP) is 2.25. The highest BCUT2D eigenvalue weighted by Crippen LogP contribution is 2.23. The normalized spacial score (nSPS) is 15.4. The van der Waals surface area contributed by atoms with Crippen LogP contribution in [-0.2, 0) is 16.1 Å². The number of imide groups is 2. The number of benzene rings is 2. The van der Waals surface area contributed by atoms with Gasteiger partial charge in [-0.05, 0) is 17.7 Å². The Morgan fingerprint density at radius 2 is 1.74 bits per heavy atom. The van der Waals surface area contributed by atoms with Gasteiger partial charge in [0.2, 0.25) is 0 Å². The summed E-state index contributed by atoms with van der Waals surface area (Å²) in [4.78, 5) is 38.0. The first-order chi connectivity index (χ1) is 13.1. The van der Waals surface area contributed by atoms with E-state index in [-0.39, 0.29) is 18.7 Å². The average molecular weight is 361 g/mol. The van der Waals surface area contributed by atoms with Gasteiger partial charge in [-0.2, -0.15) is 5.26 Å². The Hall–Kier alpha value is -3.92. The van der Waals surface area contributed by atoms with Gasteiger partial charge in [-0.15, -0.1) is 0 Å². The second kappa shape index (κ2) is 7.97. The minimum absolute atomic E-state index is 0.0444. The largest absolute Gasteiger partial charge is 0.478 e. The summed E-state index contributed by atoms with van der Waals surface area (Å²) in [5.74, 6) is -1.11. The molecular weight excluding hydrogens is 346 g/mol. The first-order valence-electron chi connectivity index (χ1n) is 8.11. The zero-order valence-corrected chi connectivity index (χ0v) is 14.2. The molecule has 7 nitrogen and oxygen atoms in total. The number of rotatable bonds is 5. The minimum Gasteiger partial charge on any atom is -0.478 e. The lowest BCUT2D eigenvalue weighted by atomic mass is 10.1. The van der Waals surface area contributed by atoms with Gasteiger partial charge in [0.05, 0.1) is 6.54 Å². The standard InChI is InChI=1S/C20H15N3O4/c21-10-11-27-17-9-5-4-8-15(17)12-16-18(24)22-20(26)23(19(16)25)13-14-6-2-1-3-7-14/h1-9,12H,11,13H2,(H,22,24,26)/b16-12+. The van der Waals surface area contributed by atoms with Crippen LogP contribution in [-0.4, -0.2) is 29.4 Å². The van der Waals surface area contributed by atoms with E-state index >= 15 is 0 Å². The van der Waals surface area contributed by atoms with E-state index in [1.54, 1.807) is 48.5 Å². The number of hydrogen-bond donors (Lipinski definition) is 1. The maximum atomic E-state index is 12.8. The Balaban J connectivity index is 1.92. The van der Waals surface area contributed by atoms with Crippen LogP contribution < -0.4 is 10.1 Å². The number of amides is 4. The van der Waals surface area contributed by atoms with Gasteiger partial charge in [-0.3, -0.25) is 19.8 Å². The van der Waals surface area contributed by atoms with Crippen LogP contribution in [0.2, 0.25) is 0 Å². The molecular formula is C20H15N3O4. The fourth-order valence-corrected chi connectivity index (χ4v) is 2.60. The van der Waals surface area contributed by atoms with Crippen LogP contribution in [0.1, 0.15) is 11.1 Å². The van der Waals surface area contributed by atoms with Crippen molar-refractivity contribution in [3.8, 4) is 11.8 Å². The van der Waals surface area contributed by atoms with E-state index in [2.05, 4.69) is 5.32 Å². The highest BCUT2D eigenvalue weighted by Gasteiger charge is 2.35. The minimum atomic E-state index is -0.774. The molecule has 27 heavy (non-hydrogen) atoms. The molecule has 0 atom stereocenters. The third kappa shape index (κ3) is 4.02. The number of ether oxygens (including phenoxy) is 1. The molecule has 1 N–H and O–H groups in total. The molecule has 1 fully saturated rings. The summed E-state index contributed by atoms with van der Waals surface area (Å²) in [6.45, 7) is -0.123. The highest BCUT2D eigenvalue weighted by molar-refractivity contribution is 6.31. The molecule has 4 amide bonds. The van der Waals surface area contributed by atoms with Crippen molar-refractivity contribution in [1.29, 1.82) is 5.26 Å². The summed E-state index contributed by atoms with van der Waals surface area (Å²) in [5, 5.41) is 10.9. The molecule has 0 aliphatic carbocycles. The molecule has 0 unspecified atom stereocenters. The predicted molar refractivity (Wildman–Crippen MR) is 96.1 cm³/mol. The Morgan fingerprint density at radius 1 is 1.04 bits per heavy atom. The van der Waals surface area contributed by atoms with Crippen LogP contribution >= 0.6 is 0 Å². The number of nitrogens with one attached hydrogen (secondary N) is 1. The SMILES string of the molecule is N#CCOc1ccccc1/C=C1\C(=O)NC(=O)N(Cc2ccccc2)C1=O. The van der Waals surface area contributed by atoms with Crippen LogP contribution in [0, 0.1) is 11.3 Å². The van der Waals surface area contributed by atoms with E-state index in [0.717, 1.165) is 10.5 Å². The third-order valence-corrected chi connectivity index (χ3v) is 3.88. The third-order valence-electron chi connectivity index (χ3n) is 3.88. The van der Waals surface area contributed by atoms with Gasteiger partial charge >= 0.3 is 6.03 Å². The lowest BCUT2D eigenvalue weighted by Gasteiger charge is -2.26. The first kappa shape index (κ1) is 17.9. The Kier molecular flexibility index (Phi) is 5.28. The van der Waals surface area contributed by atoms with Crippen molar-refractivity contribution >= 4 is 23.9 Å². The van der Waals surface area contributed by atoms with Gasteiger partial charge in [0.25, 0.3) is 11.8 Å². The molecule has 0 aromatic heterocycles. The summed E-state index contributed by atoms with van der Waals surface area (Å²) < 4.78 is 5.31. The molecule has 3 rings (SSSR count). The molecule has 0 bridgehead atoms. The summed E-state index contributed by atoms with van der Waals surface area (Å²) >= 11 is 0. The molecule has 1 saturated heterocycles. The van der Waals surface area contributed by atoms with Gasteiger partial charge in [0.1, 0.15) is 17.4 Å². The van der Waals surface area contributed by atoms with E-state index in [1.165, 1.54) is 6.08 Å². The highest BCUT2D eigenvalue weighted by atomic mass is 16.5. The van der Waals surface area contributed by atoms with Crippen LogP contribution in [0.3, 0.4) is 0 Å². The molecule has 1 heterocycles. The van der Waals surface area contributed by atoms with Gasteiger partial charge < -0.3 is 4.74 Å². The number of nitrogens with zero attached hydrogens (tertiary/aromatic N) is 2. The Morgan fingerprint density at radius 3 is 2.48 bits per heavy atom. The molecule has 134 valence electrons. The quantitative estimate of drug-likeness (QED) is 0.650. The first-order valence-corrected chi connectivity index (χ1v) is 8.11. The number of carbonyl (C=O) groups excluding carboxylic acids is 3. The van der Waals surface area contributed by atoms with Crippen molar-refractivity contribution in [3.63, 3.8) is 0 Å².